The number of allylic oxidation sites excluding steroid dienone is 1. The van der Waals surface area contributed by atoms with E-state index in [1.807, 2.05) is 12.1 Å². The molecule has 0 fully saturated rings. The van der Waals surface area contributed by atoms with E-state index in [4.69, 9.17) is 0 Å². The normalized spacial score (nSPS) is 13.0. The van der Waals surface area contributed by atoms with Crippen LogP contribution >= 0.6 is 15.9 Å². The van der Waals surface area contributed by atoms with Gasteiger partial charge in [-0.25, -0.2) is 0 Å². The maximum Gasteiger partial charge on any atom is 0.270 e. The van der Waals surface area contributed by atoms with Crippen molar-refractivity contribution in [3.8, 4) is 11.1 Å². The zero-order chi connectivity index (χ0) is 13.4. The molecule has 0 bridgehead atoms. The molecule has 0 saturated carbocycles. The van der Waals surface area contributed by atoms with Gasteiger partial charge < -0.3 is 0 Å². The summed E-state index contributed by atoms with van der Waals surface area (Å²) >= 11 is 3.52. The zero-order valence-electron chi connectivity index (χ0n) is 9.97. The van der Waals surface area contributed by atoms with Crippen LogP contribution in [0.5, 0.6) is 0 Å². The summed E-state index contributed by atoms with van der Waals surface area (Å²) in [5.41, 5.74) is 4.46. The number of hydrogen-bond donors (Lipinski definition) is 0. The zero-order valence-corrected chi connectivity index (χ0v) is 11.6. The largest absolute Gasteiger partial charge is 0.270 e. The van der Waals surface area contributed by atoms with Crippen LogP contribution in [0.1, 0.15) is 11.1 Å². The van der Waals surface area contributed by atoms with E-state index in [-0.39, 0.29) is 10.6 Å². The van der Waals surface area contributed by atoms with Crippen LogP contribution in [0.4, 0.5) is 5.69 Å². The van der Waals surface area contributed by atoms with Gasteiger partial charge in [-0.05, 0) is 28.7 Å². The van der Waals surface area contributed by atoms with Gasteiger partial charge >= 0.3 is 0 Å². The fourth-order valence-electron chi connectivity index (χ4n) is 2.28. The molecular formula is C15H10BrNO2. The molecule has 0 amide bonds. The van der Waals surface area contributed by atoms with Gasteiger partial charge in [-0.1, -0.05) is 52.3 Å². The summed E-state index contributed by atoms with van der Waals surface area (Å²) in [7, 11) is 0. The number of nitrogens with zero attached hydrogens (tertiary/aromatic N) is 1. The Labute approximate surface area is 118 Å². The summed E-state index contributed by atoms with van der Waals surface area (Å²) in [6.45, 7) is 0. The lowest BCUT2D eigenvalue weighted by Gasteiger charge is -2.06. The lowest BCUT2D eigenvalue weighted by atomic mass is 10.00. The molecule has 2 aromatic rings. The van der Waals surface area contributed by atoms with Gasteiger partial charge in [0.25, 0.3) is 5.69 Å². The highest BCUT2D eigenvalue weighted by Crippen LogP contribution is 2.35. The number of nitro groups is 1. The van der Waals surface area contributed by atoms with E-state index in [9.17, 15) is 10.1 Å². The highest BCUT2D eigenvalue weighted by molar-refractivity contribution is 9.15. The van der Waals surface area contributed by atoms with Crippen molar-refractivity contribution in [1.82, 2.24) is 0 Å². The summed E-state index contributed by atoms with van der Waals surface area (Å²) in [4.78, 5) is 10.4. The Hall–Kier alpha value is -1.94. The third-order valence-electron chi connectivity index (χ3n) is 3.25. The summed E-state index contributed by atoms with van der Waals surface area (Å²) in [6.07, 6.45) is 3.03. The average Bonchev–Trinajstić information content (AvgIpc) is 2.80. The van der Waals surface area contributed by atoms with Gasteiger partial charge in [0.15, 0.2) is 0 Å². The lowest BCUT2D eigenvalue weighted by molar-refractivity contribution is -0.384. The topological polar surface area (TPSA) is 43.1 Å². The summed E-state index contributed by atoms with van der Waals surface area (Å²) < 4.78 is 1.12. The number of hydrogen-bond acceptors (Lipinski definition) is 2. The molecule has 4 heteroatoms. The first-order chi connectivity index (χ1) is 9.15. The fraction of sp³-hybridized carbons (Fsp3) is 0.0667. The Bertz CT molecular complexity index is 707. The molecule has 94 valence electrons. The number of benzene rings is 2. The maximum atomic E-state index is 10.8. The number of fused-ring (bicyclic) bond motifs is 1. The highest BCUT2D eigenvalue weighted by Gasteiger charge is 2.13. The molecule has 0 unspecified atom stereocenters. The van der Waals surface area contributed by atoms with Gasteiger partial charge in [0.05, 0.1) is 4.92 Å². The first-order valence-electron chi connectivity index (χ1n) is 5.89. The van der Waals surface area contributed by atoms with E-state index in [2.05, 4.69) is 34.1 Å². The quantitative estimate of drug-likeness (QED) is 0.602. The minimum absolute atomic E-state index is 0.123. The predicted octanol–water partition coefficient (Wildman–Crippen LogP) is 4.55. The monoisotopic (exact) mass is 315 g/mol. The first kappa shape index (κ1) is 12.1. The molecule has 3 nitrogen and oxygen atoms in total. The molecule has 0 saturated heterocycles. The van der Waals surface area contributed by atoms with E-state index in [0.717, 1.165) is 22.0 Å². The van der Waals surface area contributed by atoms with Crippen molar-refractivity contribution in [1.29, 1.82) is 0 Å². The molecule has 0 radical (unpaired) electrons. The molecule has 0 atom stereocenters. The molecule has 1 aliphatic carbocycles. The molecule has 0 N–H and O–H groups in total. The van der Waals surface area contributed by atoms with E-state index in [1.54, 1.807) is 12.1 Å². The van der Waals surface area contributed by atoms with Gasteiger partial charge in [0, 0.05) is 16.6 Å². The highest BCUT2D eigenvalue weighted by atomic mass is 79.9. The standard InChI is InChI=1S/C15H10BrNO2/c16-15-7-5-12-8-11(4-6-14(12)15)10-2-1-3-13(9-10)17(18)19/h1-4,6-9H,5H2. The van der Waals surface area contributed by atoms with Crippen LogP contribution in [0.25, 0.3) is 15.6 Å². The van der Waals surface area contributed by atoms with E-state index in [0.29, 0.717) is 0 Å². The van der Waals surface area contributed by atoms with Gasteiger partial charge in [0.2, 0.25) is 0 Å². The molecule has 19 heavy (non-hydrogen) atoms. The van der Waals surface area contributed by atoms with Gasteiger partial charge in [0.1, 0.15) is 0 Å². The fourth-order valence-corrected chi connectivity index (χ4v) is 2.83. The van der Waals surface area contributed by atoms with Gasteiger partial charge in [-0.15, -0.1) is 0 Å². The smallest absolute Gasteiger partial charge is 0.258 e. The lowest BCUT2D eigenvalue weighted by Crippen LogP contribution is -1.89. The second-order valence-electron chi connectivity index (χ2n) is 4.44. The molecular weight excluding hydrogens is 306 g/mol. The van der Waals surface area contributed by atoms with E-state index in [1.165, 1.54) is 17.2 Å². The van der Waals surface area contributed by atoms with Crippen LogP contribution in [-0.4, -0.2) is 4.92 Å². The van der Waals surface area contributed by atoms with Crippen LogP contribution in [0.3, 0.4) is 0 Å². The van der Waals surface area contributed by atoms with E-state index < -0.39 is 0 Å². The Kier molecular flexibility index (Phi) is 2.95. The minimum atomic E-state index is -0.366. The molecule has 0 spiro atoms. The SMILES string of the molecule is O=[N+]([O-])c1cccc(-c2ccc3c(c2)CC=C3Br)c1. The van der Waals surface area contributed by atoms with Crippen LogP contribution < -0.4 is 0 Å². The number of halogens is 1. The Morgan fingerprint density at radius 1 is 1.11 bits per heavy atom. The van der Waals surface area contributed by atoms with Crippen LogP contribution in [0, 0.1) is 10.1 Å². The van der Waals surface area contributed by atoms with E-state index >= 15 is 0 Å². The Morgan fingerprint density at radius 2 is 1.89 bits per heavy atom. The number of rotatable bonds is 2. The van der Waals surface area contributed by atoms with Gasteiger partial charge in [-0.3, -0.25) is 10.1 Å². The van der Waals surface area contributed by atoms with Gasteiger partial charge in [-0.2, -0.15) is 0 Å². The summed E-state index contributed by atoms with van der Waals surface area (Å²) in [5, 5.41) is 10.8. The van der Waals surface area contributed by atoms with Crippen LogP contribution in [0.2, 0.25) is 0 Å². The average molecular weight is 316 g/mol. The first-order valence-corrected chi connectivity index (χ1v) is 6.68. The second-order valence-corrected chi connectivity index (χ2v) is 5.29. The Morgan fingerprint density at radius 3 is 2.68 bits per heavy atom. The molecule has 0 aromatic heterocycles. The number of nitro benzene ring substituents is 1. The van der Waals surface area contributed by atoms with Crippen molar-refractivity contribution in [2.75, 3.05) is 0 Å². The number of non-ortho nitro benzene ring substituents is 1. The summed E-state index contributed by atoms with van der Waals surface area (Å²) in [6, 6.07) is 12.9. The second kappa shape index (κ2) is 4.63. The maximum absolute atomic E-state index is 10.8. The Balaban J connectivity index is 2.04. The van der Waals surface area contributed by atoms with Crippen molar-refractivity contribution in [3.05, 3.63) is 69.8 Å². The van der Waals surface area contributed by atoms with Crippen molar-refractivity contribution >= 4 is 26.1 Å². The third kappa shape index (κ3) is 2.19. The van der Waals surface area contributed by atoms with Crippen molar-refractivity contribution < 1.29 is 4.92 Å². The van der Waals surface area contributed by atoms with Crippen molar-refractivity contribution in [2.24, 2.45) is 0 Å². The molecule has 0 heterocycles. The summed E-state index contributed by atoms with van der Waals surface area (Å²) in [5.74, 6) is 0. The predicted molar refractivity (Wildman–Crippen MR) is 79.1 cm³/mol. The third-order valence-corrected chi connectivity index (χ3v) is 4.00. The molecule has 2 aromatic carbocycles. The van der Waals surface area contributed by atoms with Crippen LogP contribution in [-0.2, 0) is 6.42 Å². The minimum Gasteiger partial charge on any atom is -0.258 e. The molecule has 3 rings (SSSR count). The van der Waals surface area contributed by atoms with Crippen LogP contribution in [0.15, 0.2) is 48.5 Å². The van der Waals surface area contributed by atoms with Crippen molar-refractivity contribution in [3.63, 3.8) is 0 Å². The molecule has 1 aliphatic rings. The molecule has 0 aliphatic heterocycles. The van der Waals surface area contributed by atoms with Crippen molar-refractivity contribution in [2.45, 2.75) is 6.42 Å².